The molecule has 0 saturated heterocycles. The van der Waals surface area contributed by atoms with Crippen LogP contribution < -0.4 is 10.0 Å². The number of aromatic nitrogens is 1. The van der Waals surface area contributed by atoms with Crippen LogP contribution in [0.15, 0.2) is 10.4 Å². The van der Waals surface area contributed by atoms with Gasteiger partial charge < -0.3 is 9.64 Å². The Kier molecular flexibility index (Phi) is 4.66. The Labute approximate surface area is 99.1 Å². The van der Waals surface area contributed by atoms with E-state index in [9.17, 15) is 8.42 Å². The van der Waals surface area contributed by atoms with Gasteiger partial charge in [0.25, 0.3) is 0 Å². The molecule has 6 nitrogen and oxygen atoms in total. The molecule has 0 amide bonds. The molecule has 0 aliphatic heterocycles. The molecule has 8 heteroatoms. The normalized spacial score (nSPS) is 11.7. The Morgan fingerprint density at radius 3 is 2.81 bits per heavy atom. The van der Waals surface area contributed by atoms with E-state index in [2.05, 4.69) is 4.98 Å². The van der Waals surface area contributed by atoms with Gasteiger partial charge in [0, 0.05) is 20.2 Å². The molecule has 0 aliphatic carbocycles. The van der Waals surface area contributed by atoms with Gasteiger partial charge in [-0.3, -0.25) is 0 Å². The van der Waals surface area contributed by atoms with Gasteiger partial charge in [0.2, 0.25) is 10.0 Å². The lowest BCUT2D eigenvalue weighted by atomic mass is 10.6. The number of rotatable bonds is 6. The third-order valence-electron chi connectivity index (χ3n) is 1.85. The van der Waals surface area contributed by atoms with Crippen molar-refractivity contribution in [3.8, 4) is 0 Å². The molecule has 2 N–H and O–H groups in total. The molecule has 0 spiro atoms. The monoisotopic (exact) mass is 265 g/mol. The van der Waals surface area contributed by atoms with E-state index in [4.69, 9.17) is 9.88 Å². The number of likely N-dealkylation sites (N-methyl/N-ethyl adjacent to an activating group) is 1. The fraction of sp³-hybridized carbons (Fsp3) is 0.625. The van der Waals surface area contributed by atoms with Crippen LogP contribution in [0.2, 0.25) is 0 Å². The van der Waals surface area contributed by atoms with Crippen LogP contribution in [0.1, 0.15) is 6.92 Å². The van der Waals surface area contributed by atoms with Gasteiger partial charge in [-0.1, -0.05) is 11.3 Å². The van der Waals surface area contributed by atoms with E-state index in [0.29, 0.717) is 24.9 Å². The van der Waals surface area contributed by atoms with E-state index in [-0.39, 0.29) is 4.21 Å². The van der Waals surface area contributed by atoms with Crippen LogP contribution in [0.3, 0.4) is 0 Å². The van der Waals surface area contributed by atoms with Gasteiger partial charge in [-0.25, -0.2) is 18.5 Å². The molecule has 92 valence electrons. The first kappa shape index (κ1) is 13.4. The van der Waals surface area contributed by atoms with E-state index in [1.165, 1.54) is 6.20 Å². The van der Waals surface area contributed by atoms with Crippen LogP contribution in [0.4, 0.5) is 5.13 Å². The Hall–Kier alpha value is -0.700. The second-order valence-electron chi connectivity index (χ2n) is 3.13. The maximum absolute atomic E-state index is 11.0. The van der Waals surface area contributed by atoms with Gasteiger partial charge in [0.1, 0.15) is 0 Å². The average Bonchev–Trinajstić information content (AvgIpc) is 2.66. The molecule has 0 saturated carbocycles. The van der Waals surface area contributed by atoms with Gasteiger partial charge in [0.15, 0.2) is 9.34 Å². The lowest BCUT2D eigenvalue weighted by Crippen LogP contribution is -2.22. The highest BCUT2D eigenvalue weighted by Crippen LogP contribution is 2.23. The van der Waals surface area contributed by atoms with E-state index >= 15 is 0 Å². The summed E-state index contributed by atoms with van der Waals surface area (Å²) in [6.07, 6.45) is 1.27. The Morgan fingerprint density at radius 1 is 1.62 bits per heavy atom. The van der Waals surface area contributed by atoms with E-state index in [1.54, 1.807) is 0 Å². The molecule has 0 fully saturated rings. The summed E-state index contributed by atoms with van der Waals surface area (Å²) in [5, 5.41) is 5.61. The van der Waals surface area contributed by atoms with Crippen molar-refractivity contribution in [3.05, 3.63) is 6.20 Å². The predicted molar refractivity (Wildman–Crippen MR) is 63.3 cm³/mol. The van der Waals surface area contributed by atoms with Crippen LogP contribution in [-0.4, -0.2) is 40.2 Å². The van der Waals surface area contributed by atoms with Gasteiger partial charge in [-0.05, 0) is 6.92 Å². The second kappa shape index (κ2) is 5.58. The molecule has 1 aromatic rings. The highest BCUT2D eigenvalue weighted by atomic mass is 32.2. The lowest BCUT2D eigenvalue weighted by Gasteiger charge is -2.14. The third kappa shape index (κ3) is 3.71. The van der Waals surface area contributed by atoms with Crippen LogP contribution in [0, 0.1) is 0 Å². The van der Waals surface area contributed by atoms with E-state index in [1.807, 2.05) is 18.9 Å². The molecule has 0 radical (unpaired) electrons. The maximum atomic E-state index is 11.0. The molecule has 0 aliphatic rings. The smallest absolute Gasteiger partial charge is 0.249 e. The van der Waals surface area contributed by atoms with Crippen molar-refractivity contribution >= 4 is 26.5 Å². The molecular formula is C8H15N3O3S2. The molecule has 1 heterocycles. The molecular weight excluding hydrogens is 250 g/mol. The van der Waals surface area contributed by atoms with Gasteiger partial charge in [-0.2, -0.15) is 0 Å². The summed E-state index contributed by atoms with van der Waals surface area (Å²) in [5.74, 6) is 0. The molecule has 0 unspecified atom stereocenters. The first-order chi connectivity index (χ1) is 7.45. The molecule has 1 rings (SSSR count). The minimum absolute atomic E-state index is 0.0748. The van der Waals surface area contributed by atoms with E-state index in [0.717, 1.165) is 11.3 Å². The zero-order chi connectivity index (χ0) is 12.2. The minimum atomic E-state index is -3.64. The number of hydrogen-bond donors (Lipinski definition) is 1. The van der Waals surface area contributed by atoms with Gasteiger partial charge in [0.05, 0.1) is 12.8 Å². The zero-order valence-electron chi connectivity index (χ0n) is 9.21. The van der Waals surface area contributed by atoms with Crippen molar-refractivity contribution in [3.63, 3.8) is 0 Å². The SMILES string of the molecule is CCOCCN(C)c1ncc(S(N)(=O)=O)s1. The number of ether oxygens (including phenoxy) is 1. The number of sulfonamides is 1. The molecule has 0 aromatic carbocycles. The summed E-state index contributed by atoms with van der Waals surface area (Å²) in [6.45, 7) is 3.82. The fourth-order valence-electron chi connectivity index (χ4n) is 1.00. The summed E-state index contributed by atoms with van der Waals surface area (Å²) in [5.41, 5.74) is 0. The van der Waals surface area contributed by atoms with Crippen LogP contribution in [0.5, 0.6) is 0 Å². The standard InChI is InChI=1S/C8H15N3O3S2/c1-3-14-5-4-11(2)8-10-6-7(15-8)16(9,12)13/h6H,3-5H2,1-2H3,(H2,9,12,13). The molecule has 0 atom stereocenters. The Bertz CT molecular complexity index is 429. The third-order valence-corrected chi connectivity index (χ3v) is 4.37. The Morgan fingerprint density at radius 2 is 2.31 bits per heavy atom. The quantitative estimate of drug-likeness (QED) is 0.746. The number of anilines is 1. The summed E-state index contributed by atoms with van der Waals surface area (Å²) in [7, 11) is -1.82. The topological polar surface area (TPSA) is 85.5 Å². The fourth-order valence-corrected chi connectivity index (χ4v) is 2.53. The maximum Gasteiger partial charge on any atom is 0.249 e. The number of primary sulfonamides is 1. The van der Waals surface area contributed by atoms with Gasteiger partial charge >= 0.3 is 0 Å². The highest BCUT2D eigenvalue weighted by molar-refractivity contribution is 7.91. The first-order valence-corrected chi connectivity index (χ1v) is 7.09. The average molecular weight is 265 g/mol. The Balaban J connectivity index is 2.64. The van der Waals surface area contributed by atoms with Crippen LogP contribution >= 0.6 is 11.3 Å². The summed E-state index contributed by atoms with van der Waals surface area (Å²) in [4.78, 5) is 5.82. The number of thiazole rings is 1. The largest absolute Gasteiger partial charge is 0.380 e. The minimum Gasteiger partial charge on any atom is -0.380 e. The van der Waals surface area contributed by atoms with Crippen molar-refractivity contribution in [1.29, 1.82) is 0 Å². The van der Waals surface area contributed by atoms with Crippen molar-refractivity contribution in [2.24, 2.45) is 5.14 Å². The number of hydrogen-bond acceptors (Lipinski definition) is 6. The summed E-state index contributed by atoms with van der Waals surface area (Å²) < 4.78 is 27.3. The predicted octanol–water partition coefficient (Wildman–Crippen LogP) is 0.263. The lowest BCUT2D eigenvalue weighted by molar-refractivity contribution is 0.154. The van der Waals surface area contributed by atoms with E-state index < -0.39 is 10.0 Å². The number of nitrogens with zero attached hydrogens (tertiary/aromatic N) is 2. The van der Waals surface area contributed by atoms with Crippen molar-refractivity contribution in [2.75, 3.05) is 31.7 Å². The number of nitrogens with two attached hydrogens (primary N) is 1. The highest BCUT2D eigenvalue weighted by Gasteiger charge is 2.14. The summed E-state index contributed by atoms with van der Waals surface area (Å²) >= 11 is 1.05. The van der Waals surface area contributed by atoms with Crippen LogP contribution in [0.25, 0.3) is 0 Å². The van der Waals surface area contributed by atoms with Gasteiger partial charge in [-0.15, -0.1) is 0 Å². The molecule has 16 heavy (non-hydrogen) atoms. The summed E-state index contributed by atoms with van der Waals surface area (Å²) in [6, 6.07) is 0. The zero-order valence-corrected chi connectivity index (χ0v) is 10.8. The molecule has 1 aromatic heterocycles. The first-order valence-electron chi connectivity index (χ1n) is 4.72. The van der Waals surface area contributed by atoms with Crippen LogP contribution in [-0.2, 0) is 14.8 Å². The van der Waals surface area contributed by atoms with Crippen molar-refractivity contribution < 1.29 is 13.2 Å². The molecule has 0 bridgehead atoms. The van der Waals surface area contributed by atoms with Crippen molar-refractivity contribution in [2.45, 2.75) is 11.1 Å². The van der Waals surface area contributed by atoms with Crippen molar-refractivity contribution in [1.82, 2.24) is 4.98 Å². The second-order valence-corrected chi connectivity index (χ2v) is 5.92.